The van der Waals surface area contributed by atoms with Crippen LogP contribution < -0.4 is 16.2 Å². The molecule has 0 fully saturated rings. The molecule has 0 aliphatic rings. The summed E-state index contributed by atoms with van der Waals surface area (Å²) in [5.41, 5.74) is 2.22. The van der Waals surface area contributed by atoms with Gasteiger partial charge in [-0.15, -0.1) is 0 Å². The molecule has 3 N–H and O–H groups in total. The number of aromatic amines is 1. The Balaban J connectivity index is 2.64. The average Bonchev–Trinajstić information content (AvgIpc) is 2.24. The van der Waals surface area contributed by atoms with Crippen molar-refractivity contribution in [2.75, 3.05) is 13.6 Å². The van der Waals surface area contributed by atoms with Crippen molar-refractivity contribution in [2.24, 2.45) is 0 Å². The van der Waals surface area contributed by atoms with Gasteiger partial charge in [0.1, 0.15) is 0 Å². The van der Waals surface area contributed by atoms with Crippen LogP contribution in [-0.4, -0.2) is 24.5 Å². The summed E-state index contributed by atoms with van der Waals surface area (Å²) in [6, 6.07) is 1.90. The van der Waals surface area contributed by atoms with E-state index >= 15 is 0 Å². The summed E-state index contributed by atoms with van der Waals surface area (Å²) in [7, 11) is 1.79. The Kier molecular flexibility index (Phi) is 4.90. The van der Waals surface area contributed by atoms with E-state index < -0.39 is 0 Å². The predicted octanol–water partition coefficient (Wildman–Crippen LogP) is 0.217. The van der Waals surface area contributed by atoms with E-state index in [4.69, 9.17) is 0 Å². The summed E-state index contributed by atoms with van der Waals surface area (Å²) in [5, 5.41) is 5.63. The number of pyridine rings is 1. The monoisotopic (exact) mass is 237 g/mol. The largest absolute Gasteiger partial charge is 0.352 e. The molecule has 1 aromatic heterocycles. The highest BCUT2D eigenvalue weighted by atomic mass is 16.1. The zero-order chi connectivity index (χ0) is 12.8. The number of aromatic nitrogens is 1. The summed E-state index contributed by atoms with van der Waals surface area (Å²) in [5.74, 6) is -0.0567. The minimum absolute atomic E-state index is 0.0567. The van der Waals surface area contributed by atoms with E-state index in [1.165, 1.54) is 0 Å². The van der Waals surface area contributed by atoms with Crippen LogP contribution in [0.15, 0.2) is 10.9 Å². The number of amides is 1. The summed E-state index contributed by atoms with van der Waals surface area (Å²) in [4.78, 5) is 25.8. The molecule has 0 atom stereocenters. The maximum Gasteiger partial charge on any atom is 0.253 e. The quantitative estimate of drug-likeness (QED) is 0.685. The molecule has 1 aromatic rings. The van der Waals surface area contributed by atoms with Crippen molar-refractivity contribution < 1.29 is 4.79 Å². The predicted molar refractivity (Wildman–Crippen MR) is 66.9 cm³/mol. The van der Waals surface area contributed by atoms with E-state index in [2.05, 4.69) is 15.6 Å². The molecular weight excluding hydrogens is 218 g/mol. The van der Waals surface area contributed by atoms with Crippen molar-refractivity contribution in [2.45, 2.75) is 26.8 Å². The normalized spacial score (nSPS) is 10.3. The molecule has 0 saturated carbocycles. The first-order valence-electron chi connectivity index (χ1n) is 5.65. The van der Waals surface area contributed by atoms with Gasteiger partial charge in [-0.05, 0) is 32.5 Å². The molecule has 1 heterocycles. The smallest absolute Gasteiger partial charge is 0.253 e. The van der Waals surface area contributed by atoms with Gasteiger partial charge in [0.2, 0.25) is 5.91 Å². The highest BCUT2D eigenvalue weighted by Gasteiger charge is 2.06. The zero-order valence-corrected chi connectivity index (χ0v) is 10.5. The fourth-order valence-corrected chi connectivity index (χ4v) is 1.62. The lowest BCUT2D eigenvalue weighted by atomic mass is 10.1. The van der Waals surface area contributed by atoms with E-state index in [0.717, 1.165) is 11.3 Å². The highest BCUT2D eigenvalue weighted by Crippen LogP contribution is 2.02. The lowest BCUT2D eigenvalue weighted by molar-refractivity contribution is -0.121. The third kappa shape index (κ3) is 4.03. The SMILES string of the molecule is CNCCC(=O)NCc1c(C)cc(C)[nH]c1=O. The molecular formula is C12H19N3O2. The van der Waals surface area contributed by atoms with Crippen molar-refractivity contribution in [3.63, 3.8) is 0 Å². The maximum absolute atomic E-state index is 11.7. The van der Waals surface area contributed by atoms with Gasteiger partial charge in [0.05, 0.1) is 0 Å². The molecule has 0 unspecified atom stereocenters. The summed E-state index contributed by atoms with van der Waals surface area (Å²) >= 11 is 0. The van der Waals surface area contributed by atoms with Crippen LogP contribution in [0.4, 0.5) is 0 Å². The first-order chi connectivity index (χ1) is 8.04. The summed E-state index contributed by atoms with van der Waals surface area (Å²) in [6.07, 6.45) is 0.416. The van der Waals surface area contributed by atoms with Crippen LogP contribution in [0.2, 0.25) is 0 Å². The van der Waals surface area contributed by atoms with Gasteiger partial charge in [0, 0.05) is 30.8 Å². The van der Waals surface area contributed by atoms with Crippen molar-refractivity contribution in [1.29, 1.82) is 0 Å². The summed E-state index contributed by atoms with van der Waals surface area (Å²) in [6.45, 7) is 4.63. The molecule has 1 amide bonds. The number of carbonyl (C=O) groups excluding carboxylic acids is 1. The number of aryl methyl sites for hydroxylation is 2. The van der Waals surface area contributed by atoms with E-state index in [0.29, 0.717) is 18.5 Å². The van der Waals surface area contributed by atoms with E-state index in [-0.39, 0.29) is 18.0 Å². The first-order valence-corrected chi connectivity index (χ1v) is 5.65. The van der Waals surface area contributed by atoms with Crippen LogP contribution in [0.25, 0.3) is 0 Å². The lowest BCUT2D eigenvalue weighted by Crippen LogP contribution is -2.29. The molecule has 0 saturated heterocycles. The van der Waals surface area contributed by atoms with Gasteiger partial charge in [-0.1, -0.05) is 0 Å². The molecule has 1 rings (SSSR count). The summed E-state index contributed by atoms with van der Waals surface area (Å²) < 4.78 is 0. The minimum atomic E-state index is -0.128. The van der Waals surface area contributed by atoms with Crippen LogP contribution in [-0.2, 0) is 11.3 Å². The van der Waals surface area contributed by atoms with Crippen molar-refractivity contribution >= 4 is 5.91 Å². The second-order valence-corrected chi connectivity index (χ2v) is 4.07. The van der Waals surface area contributed by atoms with E-state index in [1.54, 1.807) is 7.05 Å². The number of nitrogens with one attached hydrogen (secondary N) is 3. The second-order valence-electron chi connectivity index (χ2n) is 4.07. The van der Waals surface area contributed by atoms with Crippen LogP contribution >= 0.6 is 0 Å². The van der Waals surface area contributed by atoms with Gasteiger partial charge in [0.15, 0.2) is 0 Å². The number of carbonyl (C=O) groups is 1. The third-order valence-corrected chi connectivity index (χ3v) is 2.56. The maximum atomic E-state index is 11.7. The highest BCUT2D eigenvalue weighted by molar-refractivity contribution is 5.76. The van der Waals surface area contributed by atoms with Crippen LogP contribution in [0, 0.1) is 13.8 Å². The Labute approximate surface area is 101 Å². The molecule has 94 valence electrons. The van der Waals surface area contributed by atoms with Crippen molar-refractivity contribution in [3.05, 3.63) is 33.2 Å². The molecule has 0 aliphatic heterocycles. The van der Waals surface area contributed by atoms with Gasteiger partial charge < -0.3 is 15.6 Å². The standard InChI is InChI=1S/C12H19N3O2/c1-8-6-9(2)15-12(17)10(8)7-14-11(16)4-5-13-3/h6,13H,4-5,7H2,1-3H3,(H,14,16)(H,15,17). The topological polar surface area (TPSA) is 74.0 Å². The molecule has 0 radical (unpaired) electrons. The number of hydrogen-bond acceptors (Lipinski definition) is 3. The Bertz CT molecular complexity index is 452. The first kappa shape index (κ1) is 13.4. The Morgan fingerprint density at radius 3 is 2.71 bits per heavy atom. The van der Waals surface area contributed by atoms with Crippen molar-refractivity contribution in [3.8, 4) is 0 Å². The van der Waals surface area contributed by atoms with Gasteiger partial charge in [-0.25, -0.2) is 0 Å². The molecule has 5 heteroatoms. The fourth-order valence-electron chi connectivity index (χ4n) is 1.62. The van der Waals surface area contributed by atoms with Gasteiger partial charge in [-0.3, -0.25) is 9.59 Å². The molecule has 0 aromatic carbocycles. The Morgan fingerprint density at radius 2 is 2.12 bits per heavy atom. The fraction of sp³-hybridized carbons (Fsp3) is 0.500. The third-order valence-electron chi connectivity index (χ3n) is 2.56. The lowest BCUT2D eigenvalue weighted by Gasteiger charge is -2.07. The van der Waals surface area contributed by atoms with Crippen LogP contribution in [0.1, 0.15) is 23.2 Å². The zero-order valence-electron chi connectivity index (χ0n) is 10.5. The van der Waals surface area contributed by atoms with Crippen LogP contribution in [0.5, 0.6) is 0 Å². The van der Waals surface area contributed by atoms with Gasteiger partial charge in [-0.2, -0.15) is 0 Å². The van der Waals surface area contributed by atoms with E-state index in [9.17, 15) is 9.59 Å². The van der Waals surface area contributed by atoms with Crippen molar-refractivity contribution in [1.82, 2.24) is 15.6 Å². The van der Waals surface area contributed by atoms with Gasteiger partial charge in [0.25, 0.3) is 5.56 Å². The molecule has 5 nitrogen and oxygen atoms in total. The molecule has 0 aliphatic carbocycles. The second kappa shape index (κ2) is 6.20. The minimum Gasteiger partial charge on any atom is -0.352 e. The number of rotatable bonds is 5. The molecule has 0 bridgehead atoms. The Hall–Kier alpha value is -1.62. The number of H-pyrrole nitrogens is 1. The van der Waals surface area contributed by atoms with E-state index in [1.807, 2.05) is 19.9 Å². The van der Waals surface area contributed by atoms with Gasteiger partial charge >= 0.3 is 0 Å². The van der Waals surface area contributed by atoms with Crippen LogP contribution in [0.3, 0.4) is 0 Å². The Morgan fingerprint density at radius 1 is 1.41 bits per heavy atom. The number of hydrogen-bond donors (Lipinski definition) is 3. The molecule has 17 heavy (non-hydrogen) atoms. The average molecular weight is 237 g/mol. The molecule has 0 spiro atoms.